The van der Waals surface area contributed by atoms with Crippen molar-refractivity contribution in [1.82, 2.24) is 0 Å². The zero-order valence-corrected chi connectivity index (χ0v) is 14.2. The number of nitrogens with zero attached hydrogens (tertiary/aromatic N) is 1. The minimum atomic E-state index is -0.639. The number of ether oxygens (including phenoxy) is 1. The van der Waals surface area contributed by atoms with Crippen molar-refractivity contribution < 1.29 is 24.0 Å². The monoisotopic (exact) mass is 360 g/mol. The standard InChI is InChI=1S/C18H20N2O6/c21-16(19-14-6-1-2-7-15(14)20(24)25)10-26-18(23)13-8-11-4-3-5-12(9-13)17(11)22/h1-2,6-7,11-13H,3-5,8-10H2,(H,19,21)/t11-,12+,13?. The quantitative estimate of drug-likeness (QED) is 0.490. The van der Waals surface area contributed by atoms with E-state index in [0.29, 0.717) is 12.8 Å². The molecule has 0 aromatic heterocycles. The van der Waals surface area contributed by atoms with Crippen LogP contribution in [-0.2, 0) is 19.1 Å². The fraction of sp³-hybridized carbons (Fsp3) is 0.500. The summed E-state index contributed by atoms with van der Waals surface area (Å²) in [5, 5.41) is 13.3. The fourth-order valence-electron chi connectivity index (χ4n) is 3.85. The zero-order chi connectivity index (χ0) is 18.7. The molecule has 3 rings (SSSR count). The van der Waals surface area contributed by atoms with Gasteiger partial charge in [0, 0.05) is 17.9 Å². The molecular formula is C18H20N2O6. The summed E-state index contributed by atoms with van der Waals surface area (Å²) >= 11 is 0. The van der Waals surface area contributed by atoms with Crippen molar-refractivity contribution in [2.75, 3.05) is 11.9 Å². The number of nitrogens with one attached hydrogen (secondary N) is 1. The van der Waals surface area contributed by atoms with Crippen LogP contribution in [0.5, 0.6) is 0 Å². The van der Waals surface area contributed by atoms with Crippen LogP contribution in [0.25, 0.3) is 0 Å². The number of amides is 1. The van der Waals surface area contributed by atoms with Gasteiger partial charge in [0.25, 0.3) is 11.6 Å². The summed E-state index contributed by atoms with van der Waals surface area (Å²) in [5.41, 5.74) is -0.179. The predicted molar refractivity (Wildman–Crippen MR) is 91.2 cm³/mol. The number of hydrogen-bond donors (Lipinski definition) is 1. The summed E-state index contributed by atoms with van der Waals surface area (Å²) in [6.07, 6.45) is 3.62. The van der Waals surface area contributed by atoms with E-state index in [1.165, 1.54) is 18.2 Å². The number of esters is 1. The Hall–Kier alpha value is -2.77. The van der Waals surface area contributed by atoms with Gasteiger partial charge in [0.1, 0.15) is 11.5 Å². The van der Waals surface area contributed by atoms with Gasteiger partial charge in [0.05, 0.1) is 10.8 Å². The van der Waals surface area contributed by atoms with Gasteiger partial charge in [-0.3, -0.25) is 24.5 Å². The number of hydrogen-bond acceptors (Lipinski definition) is 6. The largest absolute Gasteiger partial charge is 0.455 e. The lowest BCUT2D eigenvalue weighted by Gasteiger charge is -2.36. The maximum absolute atomic E-state index is 12.2. The van der Waals surface area contributed by atoms with Crippen LogP contribution in [0.15, 0.2) is 24.3 Å². The minimum Gasteiger partial charge on any atom is -0.455 e. The number of benzene rings is 1. The van der Waals surface area contributed by atoms with Gasteiger partial charge in [-0.2, -0.15) is 0 Å². The number of rotatable bonds is 5. The normalized spacial score (nSPS) is 24.6. The Kier molecular flexibility index (Phi) is 5.29. The molecule has 0 heterocycles. The molecule has 8 nitrogen and oxygen atoms in total. The molecule has 2 aliphatic rings. The lowest BCUT2D eigenvalue weighted by molar-refractivity contribution is -0.383. The number of para-hydroxylation sites is 2. The molecule has 8 heteroatoms. The second-order valence-corrected chi connectivity index (χ2v) is 6.83. The Morgan fingerprint density at radius 3 is 2.50 bits per heavy atom. The molecule has 1 N–H and O–H groups in total. The molecule has 1 aromatic carbocycles. The smallest absolute Gasteiger partial charge is 0.309 e. The van der Waals surface area contributed by atoms with Gasteiger partial charge in [-0.15, -0.1) is 0 Å². The van der Waals surface area contributed by atoms with Crippen molar-refractivity contribution in [2.45, 2.75) is 32.1 Å². The minimum absolute atomic E-state index is 0.0522. The Bertz CT molecular complexity index is 731. The van der Waals surface area contributed by atoms with Gasteiger partial charge in [0.15, 0.2) is 6.61 Å². The average molecular weight is 360 g/mol. The van der Waals surface area contributed by atoms with Crippen molar-refractivity contribution in [2.24, 2.45) is 17.8 Å². The summed E-state index contributed by atoms with van der Waals surface area (Å²) in [6, 6.07) is 5.74. The molecule has 1 amide bonds. The van der Waals surface area contributed by atoms with Crippen molar-refractivity contribution in [3.63, 3.8) is 0 Å². The summed E-state index contributed by atoms with van der Waals surface area (Å²) in [5.74, 6) is -1.36. The molecule has 1 aromatic rings. The Morgan fingerprint density at radius 1 is 1.19 bits per heavy atom. The number of fused-ring (bicyclic) bond motifs is 2. The van der Waals surface area contributed by atoms with E-state index in [2.05, 4.69) is 5.32 Å². The van der Waals surface area contributed by atoms with Crippen molar-refractivity contribution in [3.05, 3.63) is 34.4 Å². The molecule has 2 saturated carbocycles. The predicted octanol–water partition coefficient (Wildman–Crippen LogP) is 2.47. The molecule has 1 unspecified atom stereocenters. The van der Waals surface area contributed by atoms with Gasteiger partial charge in [-0.05, 0) is 31.7 Å². The van der Waals surface area contributed by atoms with Crippen LogP contribution >= 0.6 is 0 Å². The van der Waals surface area contributed by atoms with Gasteiger partial charge < -0.3 is 10.1 Å². The molecule has 0 spiro atoms. The molecule has 3 atom stereocenters. The van der Waals surface area contributed by atoms with Gasteiger partial charge in [-0.1, -0.05) is 18.6 Å². The number of carbonyl (C=O) groups is 3. The van der Waals surface area contributed by atoms with Crippen LogP contribution in [0.3, 0.4) is 0 Å². The third-order valence-electron chi connectivity index (χ3n) is 5.10. The number of ketones is 1. The van der Waals surface area contributed by atoms with E-state index in [9.17, 15) is 24.5 Å². The lowest BCUT2D eigenvalue weighted by atomic mass is 9.67. The summed E-state index contributed by atoms with van der Waals surface area (Å²) in [4.78, 5) is 46.6. The zero-order valence-electron chi connectivity index (χ0n) is 14.2. The van der Waals surface area contributed by atoms with Crippen molar-refractivity contribution in [3.8, 4) is 0 Å². The van der Waals surface area contributed by atoms with Crippen LogP contribution in [0.2, 0.25) is 0 Å². The van der Waals surface area contributed by atoms with E-state index in [1.54, 1.807) is 6.07 Å². The molecule has 138 valence electrons. The molecule has 26 heavy (non-hydrogen) atoms. The molecule has 0 saturated heterocycles. The van der Waals surface area contributed by atoms with Crippen LogP contribution in [0, 0.1) is 27.9 Å². The first kappa shape index (κ1) is 18.0. The first-order chi connectivity index (χ1) is 12.5. The molecular weight excluding hydrogens is 340 g/mol. The fourth-order valence-corrected chi connectivity index (χ4v) is 3.85. The van der Waals surface area contributed by atoms with Gasteiger partial charge in [0.2, 0.25) is 0 Å². The van der Waals surface area contributed by atoms with Gasteiger partial charge >= 0.3 is 5.97 Å². The highest BCUT2D eigenvalue weighted by atomic mass is 16.6. The Balaban J connectivity index is 1.53. The van der Waals surface area contributed by atoms with Crippen molar-refractivity contribution >= 4 is 29.0 Å². The molecule has 0 aliphatic heterocycles. The van der Waals surface area contributed by atoms with Gasteiger partial charge in [-0.25, -0.2) is 0 Å². The van der Waals surface area contributed by atoms with Crippen LogP contribution < -0.4 is 5.32 Å². The summed E-state index contributed by atoms with van der Waals surface area (Å²) < 4.78 is 5.08. The Morgan fingerprint density at radius 2 is 1.85 bits per heavy atom. The number of Topliss-reactive ketones (excluding diaryl/α,β-unsaturated/α-hetero) is 1. The number of anilines is 1. The summed E-state index contributed by atoms with van der Waals surface area (Å²) in [7, 11) is 0. The molecule has 2 bridgehead atoms. The third kappa shape index (κ3) is 3.89. The van der Waals surface area contributed by atoms with E-state index in [1.807, 2.05) is 0 Å². The Labute approximate surface area is 150 Å². The number of nitro groups is 1. The van der Waals surface area contributed by atoms with E-state index < -0.39 is 23.4 Å². The highest BCUT2D eigenvalue weighted by Gasteiger charge is 2.41. The SMILES string of the molecule is O=C(COC(=O)C1C[C@H]2CCC[C@@H](C1)C2=O)Nc1ccccc1[N+](=O)[O-]. The first-order valence-corrected chi connectivity index (χ1v) is 8.69. The van der Waals surface area contributed by atoms with Crippen molar-refractivity contribution in [1.29, 1.82) is 0 Å². The second-order valence-electron chi connectivity index (χ2n) is 6.83. The number of carbonyl (C=O) groups excluding carboxylic acids is 3. The van der Waals surface area contributed by atoms with E-state index in [4.69, 9.17) is 4.74 Å². The van der Waals surface area contributed by atoms with Crippen LogP contribution in [-0.4, -0.2) is 29.2 Å². The molecule has 2 fully saturated rings. The highest BCUT2D eigenvalue weighted by molar-refractivity contribution is 5.95. The third-order valence-corrected chi connectivity index (χ3v) is 5.10. The number of nitro benzene ring substituents is 1. The van der Waals surface area contributed by atoms with E-state index >= 15 is 0 Å². The maximum atomic E-state index is 12.2. The van der Waals surface area contributed by atoms with E-state index in [0.717, 1.165) is 19.3 Å². The topological polar surface area (TPSA) is 116 Å². The second kappa shape index (κ2) is 7.63. The lowest BCUT2D eigenvalue weighted by Crippen LogP contribution is -2.40. The average Bonchev–Trinajstić information content (AvgIpc) is 2.59. The van der Waals surface area contributed by atoms with Crippen LogP contribution in [0.4, 0.5) is 11.4 Å². The molecule has 2 aliphatic carbocycles. The molecule has 0 radical (unpaired) electrons. The summed E-state index contributed by atoms with van der Waals surface area (Å²) in [6.45, 7) is -0.509. The highest BCUT2D eigenvalue weighted by Crippen LogP contribution is 2.40. The maximum Gasteiger partial charge on any atom is 0.309 e. The van der Waals surface area contributed by atoms with Crippen LogP contribution in [0.1, 0.15) is 32.1 Å². The first-order valence-electron chi connectivity index (χ1n) is 8.69. The van der Waals surface area contributed by atoms with E-state index in [-0.39, 0.29) is 34.9 Å².